The summed E-state index contributed by atoms with van der Waals surface area (Å²) in [5, 5.41) is 13.7. The molecule has 0 saturated heterocycles. The number of hydrogen-bond acceptors (Lipinski definition) is 5. The number of hydrogen-bond donors (Lipinski definition) is 1. The van der Waals surface area contributed by atoms with E-state index in [0.717, 1.165) is 22.7 Å². The first-order valence-electron chi connectivity index (χ1n) is 6.35. The molecule has 1 aromatic carbocycles. The van der Waals surface area contributed by atoms with Crippen LogP contribution < -0.4 is 5.73 Å². The largest absolute Gasteiger partial charge is 0.320 e. The van der Waals surface area contributed by atoms with Crippen LogP contribution >= 0.6 is 11.3 Å². The first-order valence-corrected chi connectivity index (χ1v) is 7.23. The van der Waals surface area contributed by atoms with Gasteiger partial charge < -0.3 is 5.73 Å². The summed E-state index contributed by atoms with van der Waals surface area (Å²) in [6, 6.07) is 5.16. The van der Waals surface area contributed by atoms with Crippen LogP contribution in [0, 0.1) is 17.0 Å². The van der Waals surface area contributed by atoms with E-state index in [1.54, 1.807) is 19.1 Å². The van der Waals surface area contributed by atoms with E-state index in [1.807, 2.05) is 25.3 Å². The van der Waals surface area contributed by atoms with E-state index in [2.05, 4.69) is 4.98 Å². The van der Waals surface area contributed by atoms with E-state index < -0.39 is 5.54 Å². The molecule has 0 aliphatic heterocycles. The summed E-state index contributed by atoms with van der Waals surface area (Å²) in [6.07, 6.45) is 0.786. The summed E-state index contributed by atoms with van der Waals surface area (Å²) < 4.78 is 0. The minimum atomic E-state index is -0.459. The van der Waals surface area contributed by atoms with Gasteiger partial charge in [-0.3, -0.25) is 10.1 Å². The molecule has 0 amide bonds. The fraction of sp³-hybridized carbons (Fsp3) is 0.357. The lowest BCUT2D eigenvalue weighted by atomic mass is 10.0. The van der Waals surface area contributed by atoms with Crippen molar-refractivity contribution < 1.29 is 4.92 Å². The highest BCUT2D eigenvalue weighted by atomic mass is 32.1. The maximum atomic E-state index is 11.0. The van der Waals surface area contributed by atoms with Crippen LogP contribution in [0.1, 0.15) is 30.8 Å². The van der Waals surface area contributed by atoms with Crippen LogP contribution in [-0.2, 0) is 5.54 Å². The van der Waals surface area contributed by atoms with Crippen LogP contribution in [0.3, 0.4) is 0 Å². The van der Waals surface area contributed by atoms with Crippen molar-refractivity contribution in [3.05, 3.63) is 44.3 Å². The van der Waals surface area contributed by atoms with Gasteiger partial charge in [-0.25, -0.2) is 4.98 Å². The number of nitrogens with zero attached hydrogens (tertiary/aromatic N) is 2. The maximum absolute atomic E-state index is 11.0. The smallest absolute Gasteiger partial charge is 0.272 e. The van der Waals surface area contributed by atoms with Crippen molar-refractivity contribution in [1.29, 1.82) is 0 Å². The zero-order chi connectivity index (χ0) is 14.9. The summed E-state index contributed by atoms with van der Waals surface area (Å²) in [6.45, 7) is 5.67. The number of benzene rings is 1. The highest BCUT2D eigenvalue weighted by Crippen LogP contribution is 2.31. The van der Waals surface area contributed by atoms with Crippen molar-refractivity contribution in [2.24, 2.45) is 5.73 Å². The molecule has 0 bridgehead atoms. The molecule has 1 heterocycles. The average Bonchev–Trinajstić information content (AvgIpc) is 2.89. The number of thiazole rings is 1. The zero-order valence-electron chi connectivity index (χ0n) is 11.7. The Morgan fingerprint density at radius 3 is 2.80 bits per heavy atom. The molecule has 106 valence electrons. The number of rotatable bonds is 4. The molecular formula is C14H17N3O2S. The molecule has 6 heteroatoms. The maximum Gasteiger partial charge on any atom is 0.272 e. The summed E-state index contributed by atoms with van der Waals surface area (Å²) in [7, 11) is 0. The molecule has 20 heavy (non-hydrogen) atoms. The molecule has 5 nitrogen and oxygen atoms in total. The Balaban J connectivity index is 2.43. The SMILES string of the molecule is CCC(C)(N)c1nc(-c2ccc(C)c([N+](=O)[O-])c2)cs1. The Labute approximate surface area is 121 Å². The van der Waals surface area contributed by atoms with Gasteiger partial charge in [-0.2, -0.15) is 0 Å². The van der Waals surface area contributed by atoms with Gasteiger partial charge >= 0.3 is 0 Å². The Hall–Kier alpha value is -1.79. The molecule has 2 aromatic rings. The first kappa shape index (κ1) is 14.6. The molecule has 0 aliphatic carbocycles. The van der Waals surface area contributed by atoms with Crippen LogP contribution in [0.15, 0.2) is 23.6 Å². The lowest BCUT2D eigenvalue weighted by Gasteiger charge is -2.18. The Morgan fingerprint density at radius 1 is 1.50 bits per heavy atom. The van der Waals surface area contributed by atoms with Crippen LogP contribution in [0.25, 0.3) is 11.3 Å². The van der Waals surface area contributed by atoms with Crippen molar-refractivity contribution in [2.45, 2.75) is 32.7 Å². The van der Waals surface area contributed by atoms with Crippen LogP contribution in [0.4, 0.5) is 5.69 Å². The topological polar surface area (TPSA) is 82.0 Å². The lowest BCUT2D eigenvalue weighted by molar-refractivity contribution is -0.385. The van der Waals surface area contributed by atoms with Gasteiger partial charge in [0.25, 0.3) is 5.69 Å². The van der Waals surface area contributed by atoms with Gasteiger partial charge in [-0.15, -0.1) is 11.3 Å². The summed E-state index contributed by atoms with van der Waals surface area (Å²) in [4.78, 5) is 15.1. The van der Waals surface area contributed by atoms with Crippen LogP contribution in [-0.4, -0.2) is 9.91 Å². The third kappa shape index (κ3) is 2.71. The van der Waals surface area contributed by atoms with Gasteiger partial charge in [0, 0.05) is 22.6 Å². The molecule has 1 unspecified atom stereocenters. The van der Waals surface area contributed by atoms with Crippen molar-refractivity contribution >= 4 is 17.0 Å². The number of nitrogens with two attached hydrogens (primary N) is 1. The lowest BCUT2D eigenvalue weighted by Crippen LogP contribution is -2.31. The number of nitro benzene ring substituents is 1. The summed E-state index contributed by atoms with van der Waals surface area (Å²) in [5.74, 6) is 0. The number of aromatic nitrogens is 1. The fourth-order valence-electron chi connectivity index (χ4n) is 1.79. The van der Waals surface area contributed by atoms with Gasteiger partial charge in [0.05, 0.1) is 16.2 Å². The monoisotopic (exact) mass is 291 g/mol. The molecule has 1 aromatic heterocycles. The van der Waals surface area contributed by atoms with E-state index in [1.165, 1.54) is 11.3 Å². The summed E-state index contributed by atoms with van der Waals surface area (Å²) in [5.41, 5.74) is 7.95. The molecule has 0 fully saturated rings. The third-order valence-electron chi connectivity index (χ3n) is 3.43. The molecule has 2 N–H and O–H groups in total. The Morgan fingerprint density at radius 2 is 2.20 bits per heavy atom. The predicted octanol–water partition coefficient (Wildman–Crippen LogP) is 3.61. The zero-order valence-corrected chi connectivity index (χ0v) is 12.5. The predicted molar refractivity (Wildman–Crippen MR) is 80.8 cm³/mol. The Kier molecular flexibility index (Phi) is 3.87. The van der Waals surface area contributed by atoms with E-state index in [0.29, 0.717) is 5.56 Å². The van der Waals surface area contributed by atoms with Crippen molar-refractivity contribution in [3.63, 3.8) is 0 Å². The molecule has 1 atom stereocenters. The number of nitro groups is 1. The minimum Gasteiger partial charge on any atom is -0.320 e. The molecule has 0 aliphatic rings. The van der Waals surface area contributed by atoms with Crippen LogP contribution in [0.2, 0.25) is 0 Å². The summed E-state index contributed by atoms with van der Waals surface area (Å²) >= 11 is 1.49. The van der Waals surface area contributed by atoms with E-state index in [4.69, 9.17) is 5.73 Å². The second-order valence-corrected chi connectivity index (χ2v) is 5.93. The van der Waals surface area contributed by atoms with Gasteiger partial charge in [0.15, 0.2) is 0 Å². The highest BCUT2D eigenvalue weighted by Gasteiger charge is 2.23. The van der Waals surface area contributed by atoms with E-state index in [-0.39, 0.29) is 10.6 Å². The van der Waals surface area contributed by atoms with Gasteiger partial charge in [0.2, 0.25) is 0 Å². The molecule has 2 rings (SSSR count). The van der Waals surface area contributed by atoms with E-state index >= 15 is 0 Å². The van der Waals surface area contributed by atoms with Gasteiger partial charge in [-0.1, -0.05) is 19.1 Å². The highest BCUT2D eigenvalue weighted by molar-refractivity contribution is 7.10. The molecular weight excluding hydrogens is 274 g/mol. The van der Waals surface area contributed by atoms with Crippen molar-refractivity contribution in [3.8, 4) is 11.3 Å². The second kappa shape index (κ2) is 5.30. The second-order valence-electron chi connectivity index (χ2n) is 5.07. The fourth-order valence-corrected chi connectivity index (χ4v) is 2.76. The molecule has 0 saturated carbocycles. The average molecular weight is 291 g/mol. The van der Waals surface area contributed by atoms with Crippen molar-refractivity contribution in [1.82, 2.24) is 4.98 Å². The minimum absolute atomic E-state index is 0.114. The molecule has 0 radical (unpaired) electrons. The molecule has 0 spiro atoms. The normalized spacial score (nSPS) is 14.0. The van der Waals surface area contributed by atoms with E-state index in [9.17, 15) is 10.1 Å². The number of aryl methyl sites for hydroxylation is 1. The van der Waals surface area contributed by atoms with Crippen LogP contribution in [0.5, 0.6) is 0 Å². The van der Waals surface area contributed by atoms with Gasteiger partial charge in [-0.05, 0) is 20.3 Å². The third-order valence-corrected chi connectivity index (χ3v) is 4.55. The first-order chi connectivity index (χ1) is 9.35. The quantitative estimate of drug-likeness (QED) is 0.689. The standard InChI is InChI=1S/C14H17N3O2S/c1-4-14(3,15)13-16-11(8-20-13)10-6-5-9(2)12(7-10)17(18)19/h5-8H,4,15H2,1-3H3. The van der Waals surface area contributed by atoms with Crippen molar-refractivity contribution in [2.75, 3.05) is 0 Å². The van der Waals surface area contributed by atoms with Gasteiger partial charge in [0.1, 0.15) is 5.01 Å². The Bertz CT molecular complexity index is 650.